The average Bonchev–Trinajstić information content (AvgIpc) is 3.09. The van der Waals surface area contributed by atoms with Crippen LogP contribution in [0.1, 0.15) is 38.1 Å². The number of anilines is 1. The second-order valence-electron chi connectivity index (χ2n) is 6.51. The van der Waals surface area contributed by atoms with E-state index in [1.54, 1.807) is 32.0 Å². The molecule has 1 amide bonds. The summed E-state index contributed by atoms with van der Waals surface area (Å²) >= 11 is 0.962. The molecule has 0 aliphatic carbocycles. The van der Waals surface area contributed by atoms with Crippen molar-refractivity contribution in [1.29, 1.82) is 0 Å². The van der Waals surface area contributed by atoms with Crippen LogP contribution in [-0.2, 0) is 25.4 Å². The molecule has 0 bridgehead atoms. The van der Waals surface area contributed by atoms with Crippen molar-refractivity contribution in [2.45, 2.75) is 20.3 Å². The summed E-state index contributed by atoms with van der Waals surface area (Å²) < 4.78 is 25.7. The van der Waals surface area contributed by atoms with Gasteiger partial charge in [-0.1, -0.05) is 6.07 Å². The molecule has 0 spiro atoms. The molecule has 0 unspecified atom stereocenters. The highest BCUT2D eigenvalue weighted by atomic mass is 32.1. The molecule has 1 heterocycles. The topological polar surface area (TPSA) is 109 Å². The first-order valence-electron chi connectivity index (χ1n) is 9.83. The van der Waals surface area contributed by atoms with Gasteiger partial charge in [0, 0.05) is 18.7 Å². The Labute approximate surface area is 190 Å². The maximum Gasteiger partial charge on any atom is 0.348 e. The zero-order chi connectivity index (χ0) is 23.7. The number of hydrogen-bond donors (Lipinski definition) is 1. The van der Waals surface area contributed by atoms with Gasteiger partial charge in [0.05, 0.1) is 39.4 Å². The molecule has 2 aromatic rings. The van der Waals surface area contributed by atoms with Gasteiger partial charge in [-0.25, -0.2) is 9.59 Å². The Balaban J connectivity index is 2.29. The zero-order valence-corrected chi connectivity index (χ0v) is 19.6. The predicted octanol–water partition coefficient (Wildman–Crippen LogP) is 3.23. The number of amides is 1. The highest BCUT2D eigenvalue weighted by molar-refractivity contribution is 7.18. The summed E-state index contributed by atoms with van der Waals surface area (Å²) in [4.78, 5) is 37.9. The number of benzene rings is 1. The second kappa shape index (κ2) is 12.1. The molecule has 2 rings (SSSR count). The number of esters is 2. The van der Waals surface area contributed by atoms with Crippen LogP contribution in [0.4, 0.5) is 5.00 Å². The largest absolute Gasteiger partial charge is 0.497 e. The Kier molecular flexibility index (Phi) is 9.48. The number of hydrogen-bond acceptors (Lipinski definition) is 9. The molecule has 32 heavy (non-hydrogen) atoms. The second-order valence-corrected chi connectivity index (χ2v) is 7.53. The van der Waals surface area contributed by atoms with Crippen LogP contribution in [0.25, 0.3) is 0 Å². The Bertz CT molecular complexity index is 969. The number of ether oxygens (including phenoxy) is 5. The van der Waals surface area contributed by atoms with Gasteiger partial charge in [-0.15, -0.1) is 11.3 Å². The first kappa shape index (κ1) is 25.2. The Morgan fingerprint density at radius 2 is 1.75 bits per heavy atom. The number of carbonyl (C=O) groups excluding carboxylic acids is 3. The molecule has 0 saturated heterocycles. The summed E-state index contributed by atoms with van der Waals surface area (Å²) in [6.45, 7) is 3.75. The molecule has 1 aromatic heterocycles. The van der Waals surface area contributed by atoms with Gasteiger partial charge in [0.1, 0.15) is 28.0 Å². The highest BCUT2D eigenvalue weighted by Gasteiger charge is 2.27. The van der Waals surface area contributed by atoms with Gasteiger partial charge in [-0.2, -0.15) is 0 Å². The van der Waals surface area contributed by atoms with Gasteiger partial charge >= 0.3 is 11.9 Å². The van der Waals surface area contributed by atoms with Gasteiger partial charge in [0.2, 0.25) is 5.91 Å². The highest BCUT2D eigenvalue weighted by Crippen LogP contribution is 2.35. The van der Waals surface area contributed by atoms with E-state index in [0.717, 1.165) is 11.3 Å². The van der Waals surface area contributed by atoms with Crippen molar-refractivity contribution in [2.75, 3.05) is 46.5 Å². The number of rotatable bonds is 11. The summed E-state index contributed by atoms with van der Waals surface area (Å²) in [6, 6.07) is 5.12. The van der Waals surface area contributed by atoms with Crippen LogP contribution in [0.2, 0.25) is 0 Å². The Morgan fingerprint density at radius 1 is 1.00 bits per heavy atom. The van der Waals surface area contributed by atoms with Crippen molar-refractivity contribution < 1.29 is 38.1 Å². The minimum atomic E-state index is -0.630. The molecule has 174 valence electrons. The zero-order valence-electron chi connectivity index (χ0n) is 18.7. The van der Waals surface area contributed by atoms with Crippen molar-refractivity contribution in [3.05, 3.63) is 39.8 Å². The number of methoxy groups -OCH3 is 3. The van der Waals surface area contributed by atoms with Crippen LogP contribution < -0.4 is 14.8 Å². The van der Waals surface area contributed by atoms with E-state index in [1.165, 1.54) is 21.3 Å². The molecule has 0 aliphatic heterocycles. The summed E-state index contributed by atoms with van der Waals surface area (Å²) in [6.07, 6.45) is -0.0139. The third kappa shape index (κ3) is 6.21. The lowest BCUT2D eigenvalue weighted by Crippen LogP contribution is -2.17. The molecule has 10 heteroatoms. The van der Waals surface area contributed by atoms with Crippen molar-refractivity contribution in [3.63, 3.8) is 0 Å². The number of nitrogens with one attached hydrogen (secondary N) is 1. The monoisotopic (exact) mass is 465 g/mol. The van der Waals surface area contributed by atoms with E-state index in [9.17, 15) is 14.4 Å². The van der Waals surface area contributed by atoms with Crippen LogP contribution in [-0.4, -0.2) is 59.0 Å². The van der Waals surface area contributed by atoms with E-state index >= 15 is 0 Å². The average molecular weight is 466 g/mol. The van der Waals surface area contributed by atoms with Gasteiger partial charge in [0.15, 0.2) is 0 Å². The molecule has 9 nitrogen and oxygen atoms in total. The Morgan fingerprint density at radius 3 is 2.38 bits per heavy atom. The lowest BCUT2D eigenvalue weighted by Gasteiger charge is -2.11. The fraction of sp³-hybridized carbons (Fsp3) is 0.409. The van der Waals surface area contributed by atoms with Crippen LogP contribution in [0, 0.1) is 6.92 Å². The molecular formula is C22H27NO8S. The molecule has 1 aromatic carbocycles. The molecular weight excluding hydrogens is 438 g/mol. The summed E-state index contributed by atoms with van der Waals surface area (Å²) in [5, 5.41) is 2.94. The summed E-state index contributed by atoms with van der Waals surface area (Å²) in [5.74, 6) is -0.530. The minimum Gasteiger partial charge on any atom is -0.497 e. The third-order valence-electron chi connectivity index (χ3n) is 4.43. The Hall–Kier alpha value is -3.11. The van der Waals surface area contributed by atoms with Crippen molar-refractivity contribution >= 4 is 34.2 Å². The van der Waals surface area contributed by atoms with E-state index < -0.39 is 11.9 Å². The standard InChI is InChI=1S/C22H27NO8S/c1-6-30-21(25)18-13(2)19(22(26)31-10-9-27-3)32-20(18)23-17(24)11-14-7-8-15(28-4)12-16(14)29-5/h7-8,12H,6,9-11H2,1-5H3,(H,23,24). The van der Waals surface area contributed by atoms with E-state index in [2.05, 4.69) is 5.32 Å². The number of thiophene rings is 1. The van der Waals surface area contributed by atoms with Crippen LogP contribution in [0.15, 0.2) is 18.2 Å². The van der Waals surface area contributed by atoms with E-state index in [4.69, 9.17) is 23.7 Å². The van der Waals surface area contributed by atoms with Gasteiger partial charge in [-0.05, 0) is 25.5 Å². The molecule has 1 N–H and O–H groups in total. The molecule has 0 saturated carbocycles. The molecule has 0 aliphatic rings. The normalized spacial score (nSPS) is 10.4. The van der Waals surface area contributed by atoms with Crippen LogP contribution in [0.5, 0.6) is 11.5 Å². The van der Waals surface area contributed by atoms with Crippen molar-refractivity contribution in [3.8, 4) is 11.5 Å². The molecule has 0 fully saturated rings. The van der Waals surface area contributed by atoms with Gasteiger partial charge in [0.25, 0.3) is 0 Å². The lowest BCUT2D eigenvalue weighted by molar-refractivity contribution is -0.115. The fourth-order valence-corrected chi connectivity index (χ4v) is 3.98. The summed E-state index contributed by atoms with van der Waals surface area (Å²) in [5.41, 5.74) is 1.15. The SMILES string of the molecule is CCOC(=O)c1c(NC(=O)Cc2ccc(OC)cc2OC)sc(C(=O)OCCOC)c1C. The molecule has 0 radical (unpaired) electrons. The smallest absolute Gasteiger partial charge is 0.348 e. The predicted molar refractivity (Wildman–Crippen MR) is 119 cm³/mol. The lowest BCUT2D eigenvalue weighted by atomic mass is 10.1. The minimum absolute atomic E-state index is 0.0139. The maximum absolute atomic E-state index is 12.8. The van der Waals surface area contributed by atoms with E-state index in [-0.39, 0.29) is 47.6 Å². The van der Waals surface area contributed by atoms with Gasteiger partial charge in [-0.3, -0.25) is 4.79 Å². The third-order valence-corrected chi connectivity index (χ3v) is 5.62. The number of carbonyl (C=O) groups is 3. The van der Waals surface area contributed by atoms with Crippen LogP contribution >= 0.6 is 11.3 Å². The first-order valence-corrected chi connectivity index (χ1v) is 10.6. The molecule has 0 atom stereocenters. The van der Waals surface area contributed by atoms with Crippen molar-refractivity contribution in [2.24, 2.45) is 0 Å². The first-order chi connectivity index (χ1) is 15.4. The maximum atomic E-state index is 12.8. The quantitative estimate of drug-likeness (QED) is 0.398. The van der Waals surface area contributed by atoms with Crippen LogP contribution in [0.3, 0.4) is 0 Å². The summed E-state index contributed by atoms with van der Waals surface area (Å²) in [7, 11) is 4.53. The van der Waals surface area contributed by atoms with E-state index in [0.29, 0.717) is 22.6 Å². The van der Waals surface area contributed by atoms with Crippen molar-refractivity contribution in [1.82, 2.24) is 0 Å². The van der Waals surface area contributed by atoms with Gasteiger partial charge < -0.3 is 29.0 Å². The fourth-order valence-electron chi connectivity index (χ4n) is 2.87. The van der Waals surface area contributed by atoms with E-state index in [1.807, 2.05) is 0 Å².